The van der Waals surface area contributed by atoms with E-state index in [4.69, 9.17) is 4.74 Å². The number of urea groups is 1. The first kappa shape index (κ1) is 19.6. The summed E-state index contributed by atoms with van der Waals surface area (Å²) in [5.41, 5.74) is 0.828. The Labute approximate surface area is 156 Å². The molecule has 0 aliphatic carbocycles. The van der Waals surface area contributed by atoms with Crippen molar-refractivity contribution >= 4 is 29.5 Å². The molecular formula is C19H19N3O5. The highest BCUT2D eigenvalue weighted by Gasteiger charge is 2.22. The van der Waals surface area contributed by atoms with Crippen LogP contribution in [0.4, 0.5) is 10.5 Å². The van der Waals surface area contributed by atoms with Crippen molar-refractivity contribution in [3.63, 3.8) is 0 Å². The Morgan fingerprint density at radius 1 is 0.926 bits per heavy atom. The van der Waals surface area contributed by atoms with Crippen LogP contribution < -0.4 is 15.5 Å². The molecule has 0 aliphatic heterocycles. The fourth-order valence-corrected chi connectivity index (χ4v) is 2.23. The van der Waals surface area contributed by atoms with Gasteiger partial charge in [-0.25, -0.2) is 9.59 Å². The van der Waals surface area contributed by atoms with Gasteiger partial charge in [0.25, 0.3) is 11.8 Å². The number of carbonyl (C=O) groups excluding carboxylic acids is 4. The summed E-state index contributed by atoms with van der Waals surface area (Å²) >= 11 is 0. The first-order valence-electron chi connectivity index (χ1n) is 8.05. The van der Waals surface area contributed by atoms with E-state index in [0.717, 1.165) is 0 Å². The van der Waals surface area contributed by atoms with E-state index in [9.17, 15) is 19.2 Å². The maximum absolute atomic E-state index is 12.8. The Bertz CT molecular complexity index is 851. The summed E-state index contributed by atoms with van der Waals surface area (Å²) in [7, 11) is 2.94. The Balaban J connectivity index is 2.12. The molecule has 2 N–H and O–H groups in total. The van der Waals surface area contributed by atoms with Gasteiger partial charge in [0, 0.05) is 19.8 Å². The molecule has 0 unspecified atom stereocenters. The molecule has 0 aliphatic rings. The number of amides is 4. The standard InChI is InChI=1S/C19H19N3O5/c1-20-19(26)21-16(23)12-27-18(25)15-11-7-6-10-14(15)17(24)22(2)13-8-4-3-5-9-13/h3-11H,12H2,1-2H3,(H2,20,21,23,26). The van der Waals surface area contributed by atoms with Crippen LogP contribution in [0.25, 0.3) is 0 Å². The topological polar surface area (TPSA) is 105 Å². The normalized spacial score (nSPS) is 9.85. The number of ether oxygens (including phenoxy) is 1. The molecule has 8 nitrogen and oxygen atoms in total. The maximum atomic E-state index is 12.8. The van der Waals surface area contributed by atoms with Gasteiger partial charge in [0.15, 0.2) is 6.61 Å². The lowest BCUT2D eigenvalue weighted by molar-refractivity contribution is -0.123. The SMILES string of the molecule is CNC(=O)NC(=O)COC(=O)c1ccccc1C(=O)N(C)c1ccccc1. The van der Waals surface area contributed by atoms with Gasteiger partial charge in [-0.1, -0.05) is 30.3 Å². The second-order valence-corrected chi connectivity index (χ2v) is 5.45. The average Bonchev–Trinajstić information content (AvgIpc) is 2.71. The van der Waals surface area contributed by atoms with Crippen molar-refractivity contribution in [3.8, 4) is 0 Å². The molecule has 2 rings (SSSR count). The molecular weight excluding hydrogens is 350 g/mol. The Morgan fingerprint density at radius 3 is 2.15 bits per heavy atom. The van der Waals surface area contributed by atoms with Gasteiger partial charge in [0.2, 0.25) is 0 Å². The van der Waals surface area contributed by atoms with Crippen LogP contribution in [0.1, 0.15) is 20.7 Å². The molecule has 2 aromatic carbocycles. The van der Waals surface area contributed by atoms with Crippen molar-refractivity contribution in [3.05, 3.63) is 65.7 Å². The molecule has 0 atom stereocenters. The lowest BCUT2D eigenvalue weighted by atomic mass is 10.1. The van der Waals surface area contributed by atoms with E-state index in [0.29, 0.717) is 5.69 Å². The predicted molar refractivity (Wildman–Crippen MR) is 98.5 cm³/mol. The van der Waals surface area contributed by atoms with Gasteiger partial charge >= 0.3 is 12.0 Å². The van der Waals surface area contributed by atoms with Gasteiger partial charge in [-0.3, -0.25) is 14.9 Å². The smallest absolute Gasteiger partial charge is 0.339 e. The molecule has 0 fully saturated rings. The van der Waals surface area contributed by atoms with Crippen molar-refractivity contribution in [2.24, 2.45) is 0 Å². The number of anilines is 1. The van der Waals surface area contributed by atoms with Crippen molar-refractivity contribution in [2.75, 3.05) is 25.6 Å². The summed E-state index contributed by atoms with van der Waals surface area (Å²) in [6.07, 6.45) is 0. The molecule has 0 saturated carbocycles. The van der Waals surface area contributed by atoms with E-state index in [1.54, 1.807) is 43.4 Å². The zero-order valence-corrected chi connectivity index (χ0v) is 14.9. The van der Waals surface area contributed by atoms with E-state index >= 15 is 0 Å². The highest BCUT2D eigenvalue weighted by molar-refractivity contribution is 6.12. The van der Waals surface area contributed by atoms with E-state index < -0.39 is 30.4 Å². The molecule has 140 valence electrons. The molecule has 0 spiro atoms. The zero-order chi connectivity index (χ0) is 19.8. The van der Waals surface area contributed by atoms with Crippen molar-refractivity contribution in [1.29, 1.82) is 0 Å². The summed E-state index contributed by atoms with van der Waals surface area (Å²) in [5, 5.41) is 4.18. The summed E-state index contributed by atoms with van der Waals surface area (Å²) in [4.78, 5) is 49.1. The third-order valence-electron chi connectivity index (χ3n) is 3.64. The van der Waals surface area contributed by atoms with Crippen LogP contribution in [0, 0.1) is 0 Å². The van der Waals surface area contributed by atoms with Gasteiger partial charge in [0.05, 0.1) is 11.1 Å². The quantitative estimate of drug-likeness (QED) is 0.779. The van der Waals surface area contributed by atoms with Gasteiger partial charge in [-0.05, 0) is 24.3 Å². The number of hydrogen-bond acceptors (Lipinski definition) is 5. The van der Waals surface area contributed by atoms with Crippen LogP contribution in [0.2, 0.25) is 0 Å². The number of esters is 1. The molecule has 0 heterocycles. The Hall–Kier alpha value is -3.68. The molecule has 0 saturated heterocycles. The number of para-hydroxylation sites is 1. The average molecular weight is 369 g/mol. The monoisotopic (exact) mass is 369 g/mol. The van der Waals surface area contributed by atoms with Crippen molar-refractivity contribution < 1.29 is 23.9 Å². The van der Waals surface area contributed by atoms with Crippen LogP contribution in [0.5, 0.6) is 0 Å². The summed E-state index contributed by atoms with van der Waals surface area (Å²) < 4.78 is 4.91. The maximum Gasteiger partial charge on any atom is 0.339 e. The number of carbonyl (C=O) groups is 4. The first-order valence-corrected chi connectivity index (χ1v) is 8.05. The van der Waals surface area contributed by atoms with Gasteiger partial charge < -0.3 is 15.0 Å². The molecule has 2 aromatic rings. The fraction of sp³-hybridized carbons (Fsp3) is 0.158. The fourth-order valence-electron chi connectivity index (χ4n) is 2.23. The van der Waals surface area contributed by atoms with Crippen LogP contribution in [-0.4, -0.2) is 44.5 Å². The second kappa shape index (κ2) is 9.14. The van der Waals surface area contributed by atoms with E-state index in [2.05, 4.69) is 5.32 Å². The minimum Gasteiger partial charge on any atom is -0.452 e. The highest BCUT2D eigenvalue weighted by atomic mass is 16.5. The Kier molecular flexibility index (Phi) is 6.65. The zero-order valence-electron chi connectivity index (χ0n) is 14.9. The van der Waals surface area contributed by atoms with Gasteiger partial charge in [-0.15, -0.1) is 0 Å². The van der Waals surface area contributed by atoms with Crippen LogP contribution >= 0.6 is 0 Å². The molecule has 0 radical (unpaired) electrons. The number of benzene rings is 2. The lowest BCUT2D eigenvalue weighted by Gasteiger charge is -2.18. The lowest BCUT2D eigenvalue weighted by Crippen LogP contribution is -2.39. The predicted octanol–water partition coefficient (Wildman–Crippen LogP) is 1.58. The van der Waals surface area contributed by atoms with Crippen molar-refractivity contribution in [1.82, 2.24) is 10.6 Å². The number of hydrogen-bond donors (Lipinski definition) is 2. The second-order valence-electron chi connectivity index (χ2n) is 5.45. The summed E-state index contributed by atoms with van der Waals surface area (Å²) in [6.45, 7) is -0.650. The van der Waals surface area contributed by atoms with Gasteiger partial charge in [0.1, 0.15) is 0 Å². The minimum atomic E-state index is -0.840. The number of nitrogens with one attached hydrogen (secondary N) is 2. The van der Waals surface area contributed by atoms with Crippen LogP contribution in [0.3, 0.4) is 0 Å². The first-order chi connectivity index (χ1) is 12.9. The molecule has 8 heteroatoms. The minimum absolute atomic E-state index is 0.0259. The van der Waals surface area contributed by atoms with E-state index in [1.165, 1.54) is 24.1 Å². The van der Waals surface area contributed by atoms with E-state index in [-0.39, 0.29) is 11.1 Å². The summed E-state index contributed by atoms with van der Waals surface area (Å²) in [6, 6.07) is 14.4. The number of nitrogens with zero attached hydrogens (tertiary/aromatic N) is 1. The Morgan fingerprint density at radius 2 is 1.52 bits per heavy atom. The largest absolute Gasteiger partial charge is 0.452 e. The highest BCUT2D eigenvalue weighted by Crippen LogP contribution is 2.18. The molecule has 0 bridgehead atoms. The van der Waals surface area contributed by atoms with Crippen molar-refractivity contribution in [2.45, 2.75) is 0 Å². The molecule has 27 heavy (non-hydrogen) atoms. The van der Waals surface area contributed by atoms with E-state index in [1.807, 2.05) is 11.4 Å². The number of rotatable bonds is 5. The number of imide groups is 1. The third kappa shape index (κ3) is 5.15. The summed E-state index contributed by atoms with van der Waals surface area (Å²) in [5.74, 6) is -2.02. The van der Waals surface area contributed by atoms with Gasteiger partial charge in [-0.2, -0.15) is 0 Å². The third-order valence-corrected chi connectivity index (χ3v) is 3.64. The van der Waals surface area contributed by atoms with Crippen LogP contribution in [-0.2, 0) is 9.53 Å². The van der Waals surface area contributed by atoms with Crippen LogP contribution in [0.15, 0.2) is 54.6 Å². The molecule has 0 aromatic heterocycles. The molecule has 4 amide bonds.